The first-order chi connectivity index (χ1) is 11.2. The van der Waals surface area contributed by atoms with Crippen molar-refractivity contribution in [3.63, 3.8) is 0 Å². The van der Waals surface area contributed by atoms with Gasteiger partial charge in [-0.15, -0.1) is 0 Å². The van der Waals surface area contributed by atoms with E-state index in [1.165, 1.54) is 50.5 Å². The molecular formula is C19H31O3S-. The van der Waals surface area contributed by atoms with Crippen molar-refractivity contribution in [2.24, 2.45) is 0 Å². The van der Waals surface area contributed by atoms with Crippen molar-refractivity contribution in [2.45, 2.75) is 71.1 Å². The Morgan fingerprint density at radius 1 is 0.913 bits per heavy atom. The maximum atomic E-state index is 10.4. The second-order valence-electron chi connectivity index (χ2n) is 6.08. The second kappa shape index (κ2) is 13.6. The summed E-state index contributed by atoms with van der Waals surface area (Å²) >= 11 is -1.93. The molecule has 0 N–H and O–H groups in total. The molecule has 0 aliphatic rings. The van der Waals surface area contributed by atoms with E-state index in [-0.39, 0.29) is 5.75 Å². The lowest BCUT2D eigenvalue weighted by Crippen LogP contribution is -2.01. The summed E-state index contributed by atoms with van der Waals surface area (Å²) < 4.78 is 26.4. The molecule has 0 amide bonds. The van der Waals surface area contributed by atoms with Gasteiger partial charge in [-0.3, -0.25) is 4.21 Å². The molecule has 3 nitrogen and oxygen atoms in total. The molecule has 1 aromatic rings. The van der Waals surface area contributed by atoms with Gasteiger partial charge in [0.25, 0.3) is 0 Å². The number of benzene rings is 1. The fraction of sp³-hybridized carbons (Fsp3) is 0.684. The summed E-state index contributed by atoms with van der Waals surface area (Å²) in [5, 5.41) is 0. The molecule has 0 aliphatic carbocycles. The van der Waals surface area contributed by atoms with Crippen LogP contribution >= 0.6 is 0 Å². The van der Waals surface area contributed by atoms with Crippen LogP contribution in [0.3, 0.4) is 0 Å². The van der Waals surface area contributed by atoms with Gasteiger partial charge in [-0.1, -0.05) is 68.7 Å². The minimum Gasteiger partial charge on any atom is -0.772 e. The van der Waals surface area contributed by atoms with Gasteiger partial charge in [0.2, 0.25) is 0 Å². The topological polar surface area (TPSA) is 49.4 Å². The van der Waals surface area contributed by atoms with Crippen LogP contribution in [-0.2, 0) is 17.5 Å². The van der Waals surface area contributed by atoms with Crippen molar-refractivity contribution in [2.75, 3.05) is 12.4 Å². The minimum atomic E-state index is -1.93. The number of aryl methyl sites for hydroxylation is 1. The van der Waals surface area contributed by atoms with E-state index in [2.05, 4.69) is 19.1 Å². The van der Waals surface area contributed by atoms with Crippen LogP contribution in [-0.4, -0.2) is 21.1 Å². The first-order valence-electron chi connectivity index (χ1n) is 9.00. The normalized spacial score (nSPS) is 12.3. The Balaban J connectivity index is 2.07. The van der Waals surface area contributed by atoms with Gasteiger partial charge >= 0.3 is 0 Å². The van der Waals surface area contributed by atoms with Gasteiger partial charge in [-0.25, -0.2) is 0 Å². The Morgan fingerprint density at radius 3 is 2.22 bits per heavy atom. The zero-order valence-corrected chi connectivity index (χ0v) is 15.2. The molecule has 1 rings (SSSR count). The van der Waals surface area contributed by atoms with Crippen LogP contribution in [0.25, 0.3) is 0 Å². The van der Waals surface area contributed by atoms with E-state index in [0.29, 0.717) is 13.0 Å². The summed E-state index contributed by atoms with van der Waals surface area (Å²) in [6.45, 7) is 2.83. The van der Waals surface area contributed by atoms with Crippen molar-refractivity contribution in [1.82, 2.24) is 0 Å². The summed E-state index contributed by atoms with van der Waals surface area (Å²) in [4.78, 5) is 0. The molecule has 23 heavy (non-hydrogen) atoms. The maximum Gasteiger partial charge on any atom is 0.119 e. The first kappa shape index (κ1) is 20.2. The number of hydrogen-bond acceptors (Lipinski definition) is 3. The van der Waals surface area contributed by atoms with Gasteiger partial charge < -0.3 is 9.29 Å². The fourth-order valence-electron chi connectivity index (χ4n) is 2.55. The summed E-state index contributed by atoms with van der Waals surface area (Å²) in [6.07, 6.45) is 12.0. The highest BCUT2D eigenvalue weighted by Crippen LogP contribution is 2.15. The Bertz CT molecular complexity index is 417. The van der Waals surface area contributed by atoms with Crippen LogP contribution < -0.4 is 4.74 Å². The third-order valence-corrected chi connectivity index (χ3v) is 4.59. The van der Waals surface area contributed by atoms with Crippen molar-refractivity contribution in [3.8, 4) is 5.75 Å². The molecule has 4 heteroatoms. The van der Waals surface area contributed by atoms with Crippen molar-refractivity contribution < 1.29 is 13.5 Å². The van der Waals surface area contributed by atoms with E-state index in [1.807, 2.05) is 12.1 Å². The van der Waals surface area contributed by atoms with Gasteiger partial charge in [0.05, 0.1) is 6.61 Å². The predicted molar refractivity (Wildman–Crippen MR) is 96.7 cm³/mol. The highest BCUT2D eigenvalue weighted by atomic mass is 32.2. The van der Waals surface area contributed by atoms with E-state index in [0.717, 1.165) is 18.6 Å². The number of unbranched alkanes of at least 4 members (excludes halogenated alkanes) is 7. The fourth-order valence-corrected chi connectivity index (χ4v) is 2.99. The maximum absolute atomic E-state index is 10.4. The van der Waals surface area contributed by atoms with Crippen LogP contribution in [0.1, 0.15) is 70.3 Å². The number of ether oxygens (including phenoxy) is 1. The molecule has 0 spiro atoms. The lowest BCUT2D eigenvalue weighted by Gasteiger charge is -2.08. The molecule has 1 unspecified atom stereocenters. The highest BCUT2D eigenvalue weighted by molar-refractivity contribution is 7.79. The molecule has 0 saturated carbocycles. The molecule has 0 heterocycles. The molecule has 0 saturated heterocycles. The lowest BCUT2D eigenvalue weighted by atomic mass is 10.0. The largest absolute Gasteiger partial charge is 0.772 e. The zero-order chi connectivity index (χ0) is 16.8. The van der Waals surface area contributed by atoms with Gasteiger partial charge in [0.1, 0.15) is 5.75 Å². The molecule has 0 radical (unpaired) electrons. The summed E-state index contributed by atoms with van der Waals surface area (Å²) in [5.74, 6) is 1.09. The molecule has 0 fully saturated rings. The standard InChI is InChI=1S/C19H32O3S/c1-2-3-4-5-6-7-8-11-18-12-14-19(15-13-18)22-16-9-10-17-23(20)21/h12-15H,2-11,16-17H2,1H3,(H,20,21)/p-1. The molecule has 1 atom stereocenters. The van der Waals surface area contributed by atoms with E-state index >= 15 is 0 Å². The molecule has 0 bridgehead atoms. The average molecular weight is 340 g/mol. The van der Waals surface area contributed by atoms with Crippen molar-refractivity contribution >= 4 is 11.1 Å². The van der Waals surface area contributed by atoms with E-state index < -0.39 is 11.1 Å². The second-order valence-corrected chi connectivity index (χ2v) is 7.09. The van der Waals surface area contributed by atoms with Gasteiger partial charge in [-0.2, -0.15) is 0 Å². The number of rotatable bonds is 14. The van der Waals surface area contributed by atoms with Crippen LogP contribution in [0, 0.1) is 0 Å². The Morgan fingerprint density at radius 2 is 1.57 bits per heavy atom. The predicted octanol–water partition coefficient (Wildman–Crippen LogP) is 5.02. The van der Waals surface area contributed by atoms with Crippen LogP contribution in [0.5, 0.6) is 5.75 Å². The first-order valence-corrected chi connectivity index (χ1v) is 10.2. The Hall–Kier alpha value is -0.870. The van der Waals surface area contributed by atoms with Crippen molar-refractivity contribution in [3.05, 3.63) is 29.8 Å². The van der Waals surface area contributed by atoms with E-state index in [4.69, 9.17) is 4.74 Å². The van der Waals surface area contributed by atoms with Crippen LogP contribution in [0.2, 0.25) is 0 Å². The SMILES string of the molecule is CCCCCCCCCc1ccc(OCCCCS(=O)[O-])cc1. The Kier molecular flexibility index (Phi) is 11.9. The highest BCUT2D eigenvalue weighted by Gasteiger charge is 1.97. The molecule has 0 aliphatic heterocycles. The lowest BCUT2D eigenvalue weighted by molar-refractivity contribution is 0.309. The summed E-state index contributed by atoms with van der Waals surface area (Å²) in [7, 11) is 0. The molecule has 132 valence electrons. The van der Waals surface area contributed by atoms with Crippen LogP contribution in [0.15, 0.2) is 24.3 Å². The zero-order valence-electron chi connectivity index (χ0n) is 14.4. The summed E-state index contributed by atoms with van der Waals surface area (Å²) in [6, 6.07) is 8.31. The molecule has 0 aromatic heterocycles. The monoisotopic (exact) mass is 339 g/mol. The van der Waals surface area contributed by atoms with Crippen molar-refractivity contribution in [1.29, 1.82) is 0 Å². The smallest absolute Gasteiger partial charge is 0.119 e. The molecule has 1 aromatic carbocycles. The minimum absolute atomic E-state index is 0.223. The third-order valence-electron chi connectivity index (χ3n) is 3.97. The quantitative estimate of drug-likeness (QED) is 0.353. The van der Waals surface area contributed by atoms with Gasteiger partial charge in [-0.05, 0) is 43.4 Å². The van der Waals surface area contributed by atoms with Crippen LogP contribution in [0.4, 0.5) is 0 Å². The summed E-state index contributed by atoms with van der Waals surface area (Å²) in [5.41, 5.74) is 1.37. The molecular weight excluding hydrogens is 308 g/mol. The van der Waals surface area contributed by atoms with E-state index in [9.17, 15) is 8.76 Å². The number of hydrogen-bond donors (Lipinski definition) is 0. The van der Waals surface area contributed by atoms with Gasteiger partial charge in [0.15, 0.2) is 0 Å². The Labute approximate surface area is 144 Å². The van der Waals surface area contributed by atoms with Gasteiger partial charge in [0, 0.05) is 5.75 Å². The van der Waals surface area contributed by atoms with E-state index in [1.54, 1.807) is 0 Å². The third kappa shape index (κ3) is 11.3. The average Bonchev–Trinajstić information content (AvgIpc) is 2.55.